The second kappa shape index (κ2) is 4.52. The van der Waals surface area contributed by atoms with Gasteiger partial charge in [-0.1, -0.05) is 13.8 Å². The van der Waals surface area contributed by atoms with Crippen molar-refractivity contribution in [1.82, 2.24) is 10.2 Å². The van der Waals surface area contributed by atoms with Gasteiger partial charge in [-0.2, -0.15) is 5.10 Å². The fraction of sp³-hybridized carbons (Fsp3) is 0.500. The number of hydrogen-bond acceptors (Lipinski definition) is 4. The van der Waals surface area contributed by atoms with E-state index in [1.807, 2.05) is 0 Å². The highest BCUT2D eigenvalue weighted by Crippen LogP contribution is 2.13. The zero-order valence-electron chi connectivity index (χ0n) is 9.11. The maximum absolute atomic E-state index is 11.6. The molecule has 0 unspecified atom stereocenters. The molecule has 0 saturated carbocycles. The smallest absolute Gasteiger partial charge is 0.234 e. The molecule has 0 spiro atoms. The molecule has 0 saturated heterocycles. The highest BCUT2D eigenvalue weighted by Gasteiger charge is 2.17. The van der Waals surface area contributed by atoms with Gasteiger partial charge in [0.1, 0.15) is 11.7 Å². The van der Waals surface area contributed by atoms with Crippen molar-refractivity contribution >= 4 is 21.7 Å². The Morgan fingerprint density at radius 3 is 2.81 bits per heavy atom. The lowest BCUT2D eigenvalue weighted by molar-refractivity contribution is 0.587. The first-order chi connectivity index (χ1) is 7.32. The topological polar surface area (TPSA) is 125 Å². The first kappa shape index (κ1) is 12.5. The standard InChI is InChI=1S/C8H15N5O2S/c1-5(2)4-16(14,15)13-8-6(7(9)10)3-11-12-8/h3,5H,4H2,1-2H3,(H3,9,10)(H2,11,12,13). The van der Waals surface area contributed by atoms with Gasteiger partial charge < -0.3 is 5.73 Å². The average molecular weight is 245 g/mol. The number of sulfonamides is 1. The lowest BCUT2D eigenvalue weighted by atomic mass is 10.3. The molecule has 1 aromatic rings. The van der Waals surface area contributed by atoms with Crippen molar-refractivity contribution in [3.05, 3.63) is 11.8 Å². The summed E-state index contributed by atoms with van der Waals surface area (Å²) in [6.45, 7) is 3.61. The largest absolute Gasteiger partial charge is 0.384 e. The highest BCUT2D eigenvalue weighted by molar-refractivity contribution is 7.92. The molecular weight excluding hydrogens is 230 g/mol. The maximum Gasteiger partial charge on any atom is 0.234 e. The molecule has 0 aliphatic heterocycles. The molecule has 1 heterocycles. The van der Waals surface area contributed by atoms with Gasteiger partial charge in [0.05, 0.1) is 17.5 Å². The van der Waals surface area contributed by atoms with Crippen molar-refractivity contribution in [3.8, 4) is 0 Å². The summed E-state index contributed by atoms with van der Waals surface area (Å²) < 4.78 is 25.5. The molecule has 5 N–H and O–H groups in total. The Bertz CT molecular complexity index is 476. The van der Waals surface area contributed by atoms with Gasteiger partial charge in [0, 0.05) is 0 Å². The van der Waals surface area contributed by atoms with Gasteiger partial charge >= 0.3 is 0 Å². The minimum atomic E-state index is -3.43. The second-order valence-electron chi connectivity index (χ2n) is 3.85. The summed E-state index contributed by atoms with van der Waals surface area (Å²) in [7, 11) is -3.43. The summed E-state index contributed by atoms with van der Waals surface area (Å²) in [6.07, 6.45) is 1.30. The van der Waals surface area contributed by atoms with E-state index < -0.39 is 10.0 Å². The van der Waals surface area contributed by atoms with Gasteiger partial charge in [0.15, 0.2) is 0 Å². The summed E-state index contributed by atoms with van der Waals surface area (Å²) in [5, 5.41) is 13.3. The first-order valence-corrected chi connectivity index (χ1v) is 6.35. The van der Waals surface area contributed by atoms with Crippen LogP contribution in [0.3, 0.4) is 0 Å². The molecule has 90 valence electrons. The number of amidine groups is 1. The molecule has 1 rings (SSSR count). The number of H-pyrrole nitrogens is 1. The van der Waals surface area contributed by atoms with Crippen LogP contribution in [0.2, 0.25) is 0 Å². The van der Waals surface area contributed by atoms with Crippen molar-refractivity contribution < 1.29 is 8.42 Å². The maximum atomic E-state index is 11.6. The lowest BCUT2D eigenvalue weighted by Gasteiger charge is -2.09. The number of aromatic amines is 1. The summed E-state index contributed by atoms with van der Waals surface area (Å²) in [4.78, 5) is 0. The van der Waals surface area contributed by atoms with Crippen LogP contribution in [0, 0.1) is 11.3 Å². The SMILES string of the molecule is CC(C)CS(=O)(=O)Nc1[nH]ncc1C(=N)N. The summed E-state index contributed by atoms with van der Waals surface area (Å²) in [5.74, 6) is -0.0889. The number of nitrogens with zero attached hydrogens (tertiary/aromatic N) is 1. The second-order valence-corrected chi connectivity index (χ2v) is 5.62. The lowest BCUT2D eigenvalue weighted by Crippen LogP contribution is -2.22. The number of aromatic nitrogens is 2. The van der Waals surface area contributed by atoms with Crippen LogP contribution in [0.25, 0.3) is 0 Å². The Hall–Kier alpha value is -1.57. The van der Waals surface area contributed by atoms with Crippen LogP contribution in [0.15, 0.2) is 6.20 Å². The summed E-state index contributed by atoms with van der Waals surface area (Å²) in [5.41, 5.74) is 5.51. The minimum Gasteiger partial charge on any atom is -0.384 e. The third-order valence-electron chi connectivity index (χ3n) is 1.74. The molecule has 0 fully saturated rings. The van der Waals surface area contributed by atoms with Gasteiger partial charge in [-0.15, -0.1) is 0 Å². The fourth-order valence-corrected chi connectivity index (χ4v) is 2.63. The molecule has 8 heteroatoms. The Morgan fingerprint density at radius 2 is 2.31 bits per heavy atom. The van der Waals surface area contributed by atoms with E-state index in [0.717, 1.165) is 0 Å². The van der Waals surface area contributed by atoms with Gasteiger partial charge in [-0.05, 0) is 5.92 Å². The normalized spacial score (nSPS) is 11.7. The molecule has 0 atom stereocenters. The number of hydrogen-bond donors (Lipinski definition) is 4. The first-order valence-electron chi connectivity index (χ1n) is 4.70. The third kappa shape index (κ3) is 3.23. The van der Waals surface area contributed by atoms with E-state index in [1.54, 1.807) is 13.8 Å². The van der Waals surface area contributed by atoms with Crippen LogP contribution in [-0.4, -0.2) is 30.2 Å². The highest BCUT2D eigenvalue weighted by atomic mass is 32.2. The molecule has 7 nitrogen and oxygen atoms in total. The Labute approximate surface area is 94.0 Å². The summed E-state index contributed by atoms with van der Waals surface area (Å²) in [6, 6.07) is 0. The number of nitrogens with one attached hydrogen (secondary N) is 3. The monoisotopic (exact) mass is 245 g/mol. The minimum absolute atomic E-state index is 0.00334. The van der Waals surface area contributed by atoms with E-state index in [2.05, 4.69) is 14.9 Å². The van der Waals surface area contributed by atoms with E-state index in [9.17, 15) is 8.42 Å². The average Bonchev–Trinajstić information content (AvgIpc) is 2.48. The molecule has 0 aliphatic rings. The number of nitrogen functional groups attached to an aromatic ring is 1. The van der Waals surface area contributed by atoms with E-state index in [1.165, 1.54) is 6.20 Å². The number of anilines is 1. The van der Waals surface area contributed by atoms with Gasteiger partial charge in [0.2, 0.25) is 10.0 Å². The number of rotatable bonds is 5. The third-order valence-corrected chi connectivity index (χ3v) is 3.36. The quantitative estimate of drug-likeness (QED) is 0.433. The molecule has 0 radical (unpaired) electrons. The van der Waals surface area contributed by atoms with Crippen LogP contribution in [-0.2, 0) is 10.0 Å². The molecule has 0 aliphatic carbocycles. The van der Waals surface area contributed by atoms with Crippen LogP contribution < -0.4 is 10.5 Å². The van der Waals surface area contributed by atoms with E-state index in [-0.39, 0.29) is 28.9 Å². The van der Waals surface area contributed by atoms with E-state index in [4.69, 9.17) is 11.1 Å². The molecule has 0 aromatic carbocycles. The van der Waals surface area contributed by atoms with Crippen molar-refractivity contribution in [2.75, 3.05) is 10.5 Å². The van der Waals surface area contributed by atoms with Crippen molar-refractivity contribution in [2.24, 2.45) is 11.7 Å². The predicted octanol–water partition coefficient (Wildman–Crippen LogP) is 0.0915. The van der Waals surface area contributed by atoms with Crippen molar-refractivity contribution in [3.63, 3.8) is 0 Å². The van der Waals surface area contributed by atoms with Gasteiger partial charge in [-0.3, -0.25) is 15.2 Å². The van der Waals surface area contributed by atoms with Gasteiger partial charge in [-0.25, -0.2) is 8.42 Å². The van der Waals surface area contributed by atoms with E-state index >= 15 is 0 Å². The summed E-state index contributed by atoms with van der Waals surface area (Å²) >= 11 is 0. The zero-order valence-corrected chi connectivity index (χ0v) is 9.93. The zero-order chi connectivity index (χ0) is 12.3. The molecule has 0 bridgehead atoms. The molecule has 0 amide bonds. The van der Waals surface area contributed by atoms with Crippen molar-refractivity contribution in [1.29, 1.82) is 5.41 Å². The van der Waals surface area contributed by atoms with Crippen molar-refractivity contribution in [2.45, 2.75) is 13.8 Å². The molecule has 16 heavy (non-hydrogen) atoms. The van der Waals surface area contributed by atoms with Crippen LogP contribution in [0.1, 0.15) is 19.4 Å². The Kier molecular flexibility index (Phi) is 3.53. The van der Waals surface area contributed by atoms with Crippen LogP contribution >= 0.6 is 0 Å². The number of nitrogens with two attached hydrogens (primary N) is 1. The molecule has 1 aromatic heterocycles. The fourth-order valence-electron chi connectivity index (χ4n) is 1.20. The van der Waals surface area contributed by atoms with E-state index in [0.29, 0.717) is 0 Å². The molecular formula is C8H15N5O2S. The van der Waals surface area contributed by atoms with Crippen LogP contribution in [0.5, 0.6) is 0 Å². The van der Waals surface area contributed by atoms with Gasteiger partial charge in [0.25, 0.3) is 0 Å². The predicted molar refractivity (Wildman–Crippen MR) is 61.9 cm³/mol. The Balaban J connectivity index is 2.88. The Morgan fingerprint density at radius 1 is 1.69 bits per heavy atom. The van der Waals surface area contributed by atoms with Crippen LogP contribution in [0.4, 0.5) is 5.82 Å².